The Hall–Kier alpha value is -3.72. The van der Waals surface area contributed by atoms with E-state index in [0.717, 1.165) is 51.1 Å². The maximum absolute atomic E-state index is 14.0. The largest absolute Gasteiger partial charge is 0.203 e. The second-order valence-electron chi connectivity index (χ2n) is 9.37. The highest BCUT2D eigenvalue weighted by molar-refractivity contribution is 7.34. The lowest BCUT2D eigenvalue weighted by molar-refractivity contribution is 0.377. The van der Waals surface area contributed by atoms with Gasteiger partial charge in [-0.3, -0.25) is 0 Å². The Bertz CT molecular complexity index is 2180. The maximum atomic E-state index is 14.0. The summed E-state index contributed by atoms with van der Waals surface area (Å²) < 4.78 is 142. The van der Waals surface area contributed by atoms with Crippen LogP contribution < -0.4 is 0 Å². The Labute approximate surface area is 255 Å². The van der Waals surface area contributed by atoms with Crippen LogP contribution in [-0.4, -0.2) is 0 Å². The predicted molar refractivity (Wildman–Crippen MR) is 158 cm³/mol. The highest BCUT2D eigenvalue weighted by atomic mass is 32.1. The van der Waals surface area contributed by atoms with Gasteiger partial charge in [0.15, 0.2) is 46.5 Å². The lowest BCUT2D eigenvalue weighted by Crippen LogP contribution is -2.03. The van der Waals surface area contributed by atoms with Crippen molar-refractivity contribution in [3.63, 3.8) is 0 Å². The topological polar surface area (TPSA) is 0 Å². The fraction of sp³-hybridized carbons (Fsp3) is 0. The second kappa shape index (κ2) is 10.4. The molecule has 14 heteroatoms. The van der Waals surface area contributed by atoms with Crippen LogP contribution in [0.1, 0.15) is 20.9 Å². The van der Waals surface area contributed by atoms with Gasteiger partial charge in [-0.15, -0.1) is 45.3 Å². The minimum atomic E-state index is -2.23. The molecule has 0 fully saturated rings. The van der Waals surface area contributed by atoms with E-state index in [1.54, 1.807) is 12.1 Å². The maximum Gasteiger partial charge on any atom is 0.200 e. The summed E-state index contributed by atoms with van der Waals surface area (Å²) in [5, 5.41) is 1.80. The zero-order valence-corrected chi connectivity index (χ0v) is 24.3. The van der Waals surface area contributed by atoms with E-state index < -0.39 is 69.3 Å². The summed E-state index contributed by atoms with van der Waals surface area (Å²) in [4.78, 5) is 1.07. The average Bonchev–Trinajstić information content (AvgIpc) is 3.75. The van der Waals surface area contributed by atoms with Gasteiger partial charge >= 0.3 is 0 Å². The molecule has 4 heterocycles. The molecule has 4 aromatic heterocycles. The lowest BCUT2D eigenvalue weighted by Gasteiger charge is -2.03. The monoisotopic (exact) mass is 686 g/mol. The van der Waals surface area contributed by atoms with E-state index >= 15 is 0 Å². The smallest absolute Gasteiger partial charge is 0.200 e. The lowest BCUT2D eigenvalue weighted by atomic mass is 10.1. The van der Waals surface area contributed by atoms with Crippen LogP contribution in [0, 0.1) is 58.2 Å². The van der Waals surface area contributed by atoms with Crippen LogP contribution >= 0.6 is 45.3 Å². The van der Waals surface area contributed by atoms with Crippen LogP contribution in [-0.2, 0) is 0 Å². The number of benzene rings is 3. The van der Waals surface area contributed by atoms with Gasteiger partial charge in [0.1, 0.15) is 0 Å². The van der Waals surface area contributed by atoms with E-state index in [-0.39, 0.29) is 0 Å². The third-order valence-electron chi connectivity index (χ3n) is 6.76. The van der Waals surface area contributed by atoms with Crippen molar-refractivity contribution in [1.82, 2.24) is 0 Å². The standard InChI is InChI=1S/C30H8F10S4/c31-19-11(20(32)24(36)27(39)23(19)35)3-1-9-5-17-29(41-9)13-7-16-14(8-15(13)43-17)30-18(44-16)6-10(42-30)2-4-12-21(33)25(37)28(40)26(38)22(12)34/h1-8H/b3-1+,4-2+. The second-order valence-corrected chi connectivity index (χ2v) is 13.7. The summed E-state index contributed by atoms with van der Waals surface area (Å²) in [6.07, 6.45) is 4.25. The van der Waals surface area contributed by atoms with Crippen LogP contribution in [0.2, 0.25) is 0 Å². The first kappa shape index (κ1) is 29.0. The van der Waals surface area contributed by atoms with E-state index in [1.807, 2.05) is 12.1 Å². The third-order valence-corrected chi connectivity index (χ3v) is 11.5. The highest BCUT2D eigenvalue weighted by Gasteiger charge is 2.25. The molecule has 0 aliphatic heterocycles. The van der Waals surface area contributed by atoms with Gasteiger partial charge in [-0.1, -0.05) is 0 Å². The van der Waals surface area contributed by atoms with Crippen LogP contribution in [0.3, 0.4) is 0 Å². The molecule has 0 amide bonds. The molecule has 222 valence electrons. The Kier molecular flexibility index (Phi) is 6.88. The minimum Gasteiger partial charge on any atom is -0.203 e. The average molecular weight is 687 g/mol. The van der Waals surface area contributed by atoms with Crippen LogP contribution in [0.4, 0.5) is 43.9 Å². The molecule has 0 bridgehead atoms. The summed E-state index contributed by atoms with van der Waals surface area (Å²) in [5.74, 6) is -20.2. The molecule has 0 nitrogen and oxygen atoms in total. The van der Waals surface area contributed by atoms with Crippen molar-refractivity contribution in [3.05, 3.63) is 103 Å². The molecule has 7 rings (SSSR count). The van der Waals surface area contributed by atoms with Crippen LogP contribution in [0.5, 0.6) is 0 Å². The molecule has 0 radical (unpaired) electrons. The summed E-state index contributed by atoms with van der Waals surface area (Å²) >= 11 is 5.43. The van der Waals surface area contributed by atoms with Crippen molar-refractivity contribution in [2.24, 2.45) is 0 Å². The predicted octanol–water partition coefficient (Wildman–Crippen LogP) is 12.3. The van der Waals surface area contributed by atoms with Gasteiger partial charge in [-0.25, -0.2) is 43.9 Å². The Morgan fingerprint density at radius 2 is 0.659 bits per heavy atom. The third kappa shape index (κ3) is 4.37. The Morgan fingerprint density at radius 3 is 1.00 bits per heavy atom. The first-order chi connectivity index (χ1) is 20.9. The molecule has 0 N–H and O–H groups in total. The van der Waals surface area contributed by atoms with Crippen molar-refractivity contribution in [2.45, 2.75) is 0 Å². The molecule has 7 aromatic rings. The van der Waals surface area contributed by atoms with E-state index in [4.69, 9.17) is 0 Å². The van der Waals surface area contributed by atoms with Crippen LogP contribution in [0.25, 0.3) is 63.3 Å². The number of hydrogen-bond acceptors (Lipinski definition) is 4. The SMILES string of the molecule is Fc1c(F)c(F)c(/C=C/c2cc3sc4cc5c(cc4c3s2)sc2cc(/C=C/c3c(F)c(F)c(F)c(F)c3F)sc25)c(F)c1F. The Balaban J connectivity index is 1.23. The molecule has 0 spiro atoms. The van der Waals surface area contributed by atoms with E-state index in [0.29, 0.717) is 9.75 Å². The first-order valence-electron chi connectivity index (χ1n) is 12.2. The molecule has 44 heavy (non-hydrogen) atoms. The summed E-state index contributed by atoms with van der Waals surface area (Å²) in [7, 11) is 0. The van der Waals surface area contributed by atoms with Gasteiger partial charge in [0, 0.05) is 39.3 Å². The summed E-state index contributed by atoms with van der Waals surface area (Å²) in [5.41, 5.74) is -2.07. The van der Waals surface area contributed by atoms with Gasteiger partial charge in [0.25, 0.3) is 0 Å². The zero-order valence-electron chi connectivity index (χ0n) is 21.0. The quantitative estimate of drug-likeness (QED) is 0.0982. The Morgan fingerprint density at radius 1 is 0.341 bits per heavy atom. The van der Waals surface area contributed by atoms with E-state index in [9.17, 15) is 43.9 Å². The molecule has 0 saturated heterocycles. The van der Waals surface area contributed by atoms with E-state index in [2.05, 4.69) is 0 Å². The number of fused-ring (bicyclic) bond motifs is 6. The van der Waals surface area contributed by atoms with Crippen molar-refractivity contribution in [1.29, 1.82) is 0 Å². The van der Waals surface area contributed by atoms with Gasteiger partial charge in [0.2, 0.25) is 11.6 Å². The van der Waals surface area contributed by atoms with Crippen LogP contribution in [0.15, 0.2) is 24.3 Å². The summed E-state index contributed by atoms with van der Waals surface area (Å²) in [6, 6.07) is 7.42. The molecule has 0 unspecified atom stereocenters. The van der Waals surface area contributed by atoms with Crippen molar-refractivity contribution in [2.75, 3.05) is 0 Å². The molecule has 3 aromatic carbocycles. The fourth-order valence-corrected chi connectivity index (χ4v) is 9.56. The van der Waals surface area contributed by atoms with Gasteiger partial charge < -0.3 is 0 Å². The van der Waals surface area contributed by atoms with Gasteiger partial charge in [-0.05, 0) is 48.6 Å². The molecule has 0 atom stereocenters. The number of rotatable bonds is 4. The molecule has 0 saturated carbocycles. The van der Waals surface area contributed by atoms with Crippen molar-refractivity contribution < 1.29 is 43.9 Å². The highest BCUT2D eigenvalue weighted by Crippen LogP contribution is 2.46. The number of thiophene rings is 4. The molecule has 0 aliphatic rings. The molecular weight excluding hydrogens is 679 g/mol. The minimum absolute atomic E-state index is 0.537. The number of hydrogen-bond donors (Lipinski definition) is 0. The van der Waals surface area contributed by atoms with Crippen molar-refractivity contribution >= 4 is 109 Å². The molecular formula is C30H8F10S4. The molecule has 0 aliphatic carbocycles. The van der Waals surface area contributed by atoms with Crippen molar-refractivity contribution in [3.8, 4) is 0 Å². The fourth-order valence-electron chi connectivity index (χ4n) is 4.66. The van der Waals surface area contributed by atoms with Gasteiger partial charge in [0.05, 0.1) is 20.5 Å². The zero-order chi connectivity index (χ0) is 31.2. The summed E-state index contributed by atoms with van der Waals surface area (Å²) in [6.45, 7) is 0. The normalized spacial score (nSPS) is 12.6. The van der Waals surface area contributed by atoms with Gasteiger partial charge in [-0.2, -0.15) is 0 Å². The van der Waals surface area contributed by atoms with E-state index in [1.165, 1.54) is 57.5 Å². The number of halogens is 10. The first-order valence-corrected chi connectivity index (χ1v) is 15.4.